The van der Waals surface area contributed by atoms with Gasteiger partial charge in [0.1, 0.15) is 0 Å². The first kappa shape index (κ1) is 31.5. The number of amides is 4. The van der Waals surface area contributed by atoms with Crippen molar-refractivity contribution in [2.75, 3.05) is 27.7 Å². The maximum Gasteiger partial charge on any atom is 0.326 e. The third-order valence-electron chi connectivity index (χ3n) is 5.89. The number of urea groups is 1. The number of benzene rings is 1. The average Bonchev–Trinajstić information content (AvgIpc) is 3.28. The molecule has 2 aromatic rings. The Bertz CT molecular complexity index is 1210. The van der Waals surface area contributed by atoms with Crippen LogP contribution in [0.3, 0.4) is 0 Å². The van der Waals surface area contributed by atoms with E-state index in [1.54, 1.807) is 9.62 Å². The Hall–Kier alpha value is -2.74. The molecule has 1 saturated carbocycles. The van der Waals surface area contributed by atoms with E-state index in [1.165, 1.54) is 59.7 Å². The lowest BCUT2D eigenvalue weighted by atomic mass is 9.88. The zero-order valence-corrected chi connectivity index (χ0v) is 24.2. The Morgan fingerprint density at radius 2 is 1.71 bits per heavy atom. The van der Waals surface area contributed by atoms with Gasteiger partial charge in [0.05, 0.1) is 10.6 Å². The first-order valence-corrected chi connectivity index (χ1v) is 14.7. The summed E-state index contributed by atoms with van der Waals surface area (Å²) in [5, 5.41) is 0.850. The lowest BCUT2D eigenvalue weighted by Crippen LogP contribution is -2.34. The molecule has 2 heterocycles. The lowest BCUT2D eigenvalue weighted by Gasteiger charge is -2.23. The number of carbonyl (C=O) groups is 3. The third kappa shape index (κ3) is 9.86. The number of hydrogen-bond donors (Lipinski definition) is 3. The van der Waals surface area contributed by atoms with Gasteiger partial charge in [-0.05, 0) is 44.2 Å². The largest absolute Gasteiger partial charge is 0.364 e. The van der Waals surface area contributed by atoms with Gasteiger partial charge in [-0.15, -0.1) is 11.3 Å². The minimum Gasteiger partial charge on any atom is -0.364 e. The fourth-order valence-electron chi connectivity index (χ4n) is 3.95. The van der Waals surface area contributed by atoms with Crippen LogP contribution in [0.1, 0.15) is 52.5 Å². The van der Waals surface area contributed by atoms with Crippen LogP contribution in [0.4, 0.5) is 4.79 Å². The van der Waals surface area contributed by atoms with Crippen LogP contribution < -0.4 is 16.2 Å². The highest BCUT2D eigenvalue weighted by atomic mass is 35.5. The molecule has 0 spiro atoms. The second-order valence-corrected chi connectivity index (χ2v) is 12.4. The number of carbonyl (C=O) groups excluding carboxylic acids is 3. The zero-order chi connectivity index (χ0) is 28.5. The second-order valence-electron chi connectivity index (χ2n) is 9.23. The number of primary amides is 2. The van der Waals surface area contributed by atoms with E-state index >= 15 is 0 Å². The smallest absolute Gasteiger partial charge is 0.326 e. The molecule has 0 radical (unpaired) electrons. The van der Waals surface area contributed by atoms with E-state index in [0.29, 0.717) is 21.9 Å². The Morgan fingerprint density at radius 1 is 1.11 bits per heavy atom. The van der Waals surface area contributed by atoms with Crippen molar-refractivity contribution < 1.29 is 22.8 Å². The number of halogens is 1. The van der Waals surface area contributed by atoms with Crippen molar-refractivity contribution in [1.29, 1.82) is 0 Å². The molecule has 1 aromatic heterocycles. The van der Waals surface area contributed by atoms with Crippen LogP contribution in [0.5, 0.6) is 0 Å². The second kappa shape index (κ2) is 14.4. The highest BCUT2D eigenvalue weighted by molar-refractivity contribution is 7.90. The molecule has 14 heteroatoms. The standard InChI is InChI=1S/C9H17NO.C8H11N3OS.C7H7ClN2O3S/c1-10(2)9(11)8-6-4-3-5-7-8;1-11-3-2-5-6(4-11)13-8(10-5)7(9)12;8-5-1-3-6(4-2-5)14(12,13)10-7(9)11/h8H,3-7H2,1-2H3;2-4H2,1H3,(H2,9,12);1-4H,(H3,9,10,11). The van der Waals surface area contributed by atoms with Crippen molar-refractivity contribution >= 4 is 50.8 Å². The van der Waals surface area contributed by atoms with Crippen LogP contribution in [0.25, 0.3) is 0 Å². The predicted molar refractivity (Wildman–Crippen MR) is 147 cm³/mol. The van der Waals surface area contributed by atoms with E-state index in [1.807, 2.05) is 14.1 Å². The van der Waals surface area contributed by atoms with Gasteiger partial charge >= 0.3 is 6.03 Å². The van der Waals surface area contributed by atoms with Crippen molar-refractivity contribution in [3.05, 3.63) is 44.9 Å². The maximum absolute atomic E-state index is 11.4. The van der Waals surface area contributed by atoms with Gasteiger partial charge in [-0.1, -0.05) is 30.9 Å². The van der Waals surface area contributed by atoms with Crippen LogP contribution in [-0.4, -0.2) is 68.7 Å². The van der Waals surface area contributed by atoms with Crippen LogP contribution in [0.2, 0.25) is 5.02 Å². The topological polar surface area (TPSA) is 169 Å². The number of aromatic nitrogens is 1. The lowest BCUT2D eigenvalue weighted by molar-refractivity contribution is -0.133. The number of rotatable bonds is 4. The van der Waals surface area contributed by atoms with Gasteiger partial charge in [0, 0.05) is 49.4 Å². The van der Waals surface area contributed by atoms with Crippen molar-refractivity contribution in [1.82, 2.24) is 19.5 Å². The molecule has 0 atom stereocenters. The molecule has 5 N–H and O–H groups in total. The van der Waals surface area contributed by atoms with Crippen molar-refractivity contribution in [3.8, 4) is 0 Å². The quantitative estimate of drug-likeness (QED) is 0.494. The average molecular weight is 587 g/mol. The van der Waals surface area contributed by atoms with Crippen LogP contribution in [-0.2, 0) is 27.8 Å². The summed E-state index contributed by atoms with van der Waals surface area (Å²) in [6.45, 7) is 1.90. The van der Waals surface area contributed by atoms with Gasteiger partial charge in [0.25, 0.3) is 15.9 Å². The summed E-state index contributed by atoms with van der Waals surface area (Å²) in [6.07, 6.45) is 6.94. The number of nitrogens with two attached hydrogens (primary N) is 2. The molecule has 210 valence electrons. The number of nitrogens with zero attached hydrogens (tertiary/aromatic N) is 3. The van der Waals surface area contributed by atoms with E-state index < -0.39 is 22.0 Å². The number of nitrogens with one attached hydrogen (secondary N) is 1. The van der Waals surface area contributed by atoms with Gasteiger partial charge in [-0.25, -0.2) is 22.9 Å². The maximum atomic E-state index is 11.4. The predicted octanol–water partition coefficient (Wildman–Crippen LogP) is 2.58. The van der Waals surface area contributed by atoms with Crippen molar-refractivity contribution in [2.45, 2.75) is 50.0 Å². The first-order chi connectivity index (χ1) is 17.8. The number of hydrogen-bond acceptors (Lipinski definition) is 8. The zero-order valence-electron chi connectivity index (χ0n) is 21.8. The Kier molecular flexibility index (Phi) is 11.9. The molecule has 38 heavy (non-hydrogen) atoms. The van der Waals surface area contributed by atoms with E-state index in [0.717, 1.165) is 38.0 Å². The molecule has 1 aliphatic carbocycles. The molecule has 2 aliphatic rings. The Labute approximate surface area is 232 Å². The summed E-state index contributed by atoms with van der Waals surface area (Å²) in [7, 11) is 1.89. The molecule has 0 saturated heterocycles. The summed E-state index contributed by atoms with van der Waals surface area (Å²) < 4.78 is 24.2. The molecule has 1 fully saturated rings. The SMILES string of the molecule is CN(C)C(=O)C1CCCCC1.CN1CCc2nc(C(N)=O)sc2C1.NC(=O)NS(=O)(=O)c1ccc(Cl)cc1. The van der Waals surface area contributed by atoms with E-state index in [-0.39, 0.29) is 4.90 Å². The molecule has 0 bridgehead atoms. The minimum atomic E-state index is -3.86. The molecule has 11 nitrogen and oxygen atoms in total. The normalized spacial score (nSPS) is 15.6. The summed E-state index contributed by atoms with van der Waals surface area (Å²) >= 11 is 6.98. The molecule has 1 aliphatic heterocycles. The Morgan fingerprint density at radius 3 is 2.24 bits per heavy atom. The minimum absolute atomic E-state index is 0.0688. The van der Waals surface area contributed by atoms with Gasteiger partial charge in [-0.3, -0.25) is 9.59 Å². The number of sulfonamides is 1. The highest BCUT2D eigenvalue weighted by Gasteiger charge is 2.22. The van der Waals surface area contributed by atoms with Crippen molar-refractivity contribution in [3.63, 3.8) is 0 Å². The summed E-state index contributed by atoms with van der Waals surface area (Å²) in [4.78, 5) is 41.9. The molecular formula is C24H35ClN6O5S2. The Balaban J connectivity index is 0.000000202. The van der Waals surface area contributed by atoms with Gasteiger partial charge in [0.15, 0.2) is 5.01 Å². The number of thiazole rings is 1. The molecule has 4 amide bonds. The van der Waals surface area contributed by atoms with Crippen molar-refractivity contribution in [2.24, 2.45) is 17.4 Å². The highest BCUT2D eigenvalue weighted by Crippen LogP contribution is 2.25. The van der Waals surface area contributed by atoms with Gasteiger partial charge < -0.3 is 21.3 Å². The third-order valence-corrected chi connectivity index (χ3v) is 8.60. The van der Waals surface area contributed by atoms with Gasteiger partial charge in [-0.2, -0.15) is 0 Å². The summed E-state index contributed by atoms with van der Waals surface area (Å²) in [5.41, 5.74) is 10.9. The van der Waals surface area contributed by atoms with E-state index in [4.69, 9.17) is 23.1 Å². The first-order valence-electron chi connectivity index (χ1n) is 12.1. The van der Waals surface area contributed by atoms with Crippen LogP contribution in [0, 0.1) is 5.92 Å². The number of likely N-dealkylation sites (N-methyl/N-ethyl adjacent to an activating group) is 1. The molecule has 0 unspecified atom stereocenters. The van der Waals surface area contributed by atoms with Gasteiger partial charge in [0.2, 0.25) is 5.91 Å². The molecular weight excluding hydrogens is 552 g/mol. The summed E-state index contributed by atoms with van der Waals surface area (Å²) in [5.74, 6) is 0.241. The monoisotopic (exact) mass is 586 g/mol. The fourth-order valence-corrected chi connectivity index (χ4v) is 5.99. The number of fused-ring (bicyclic) bond motifs is 1. The molecule has 1 aromatic carbocycles. The van der Waals surface area contributed by atoms with Crippen LogP contribution in [0.15, 0.2) is 29.2 Å². The summed E-state index contributed by atoms with van der Waals surface area (Å²) in [6, 6.07) is 4.22. The van der Waals surface area contributed by atoms with E-state index in [9.17, 15) is 22.8 Å². The van der Waals surface area contributed by atoms with Crippen LogP contribution >= 0.6 is 22.9 Å². The van der Waals surface area contributed by atoms with E-state index in [2.05, 4.69) is 16.9 Å². The molecule has 4 rings (SSSR count). The fraction of sp³-hybridized carbons (Fsp3) is 0.500.